The van der Waals surface area contributed by atoms with Crippen molar-refractivity contribution in [3.63, 3.8) is 0 Å². The number of carbonyl (C=O) groups excluding carboxylic acids is 1. The topological polar surface area (TPSA) is 93.9 Å². The number of rotatable bonds is 5. The summed E-state index contributed by atoms with van der Waals surface area (Å²) in [6.07, 6.45) is 1.24. The van der Waals surface area contributed by atoms with Crippen LogP contribution in [-0.2, 0) is 16.0 Å². The fourth-order valence-corrected chi connectivity index (χ4v) is 3.56. The number of fused-ring (bicyclic) bond motifs is 3. The second-order valence-corrected chi connectivity index (χ2v) is 7.24. The lowest BCUT2D eigenvalue weighted by Gasteiger charge is -2.30. The molecule has 0 aliphatic rings. The molecule has 0 spiro atoms. The summed E-state index contributed by atoms with van der Waals surface area (Å²) in [4.78, 5) is 24.0. The van der Waals surface area contributed by atoms with E-state index in [1.807, 2.05) is 31.2 Å². The molecule has 0 aliphatic carbocycles. The minimum absolute atomic E-state index is 0.286. The highest BCUT2D eigenvalue weighted by molar-refractivity contribution is 6.06. The van der Waals surface area contributed by atoms with E-state index in [-0.39, 0.29) is 5.97 Å². The number of nitrogen functional groups attached to an aromatic ring is 1. The first-order valence-electron chi connectivity index (χ1n) is 8.50. The number of nitrogens with one attached hydrogen (secondary N) is 1. The molecule has 2 aromatic heterocycles. The smallest absolute Gasteiger partial charge is 0.303 e. The maximum atomic E-state index is 11.5. The van der Waals surface area contributed by atoms with Crippen molar-refractivity contribution in [2.24, 2.45) is 5.92 Å². The van der Waals surface area contributed by atoms with Gasteiger partial charge < -0.3 is 15.5 Å². The number of hydrogen-bond acceptors (Lipinski definition) is 5. The number of esters is 1. The lowest BCUT2D eigenvalue weighted by atomic mass is 9.90. The molecule has 1 aromatic carbocycles. The number of pyridine rings is 1. The second kappa shape index (κ2) is 6.35. The Morgan fingerprint density at radius 3 is 2.72 bits per heavy atom. The Morgan fingerprint density at radius 1 is 1.32 bits per heavy atom. The molecule has 6 nitrogen and oxygen atoms in total. The number of ether oxygens (including phenoxy) is 1. The summed E-state index contributed by atoms with van der Waals surface area (Å²) in [7, 11) is 0. The zero-order valence-electron chi connectivity index (χ0n) is 15.1. The van der Waals surface area contributed by atoms with Crippen LogP contribution in [0.5, 0.6) is 0 Å². The quantitative estimate of drug-likeness (QED) is 0.692. The van der Waals surface area contributed by atoms with E-state index >= 15 is 0 Å². The highest BCUT2D eigenvalue weighted by Gasteiger charge is 2.31. The second-order valence-electron chi connectivity index (χ2n) is 7.24. The molecule has 2 heterocycles. The van der Waals surface area contributed by atoms with Gasteiger partial charge in [0.25, 0.3) is 0 Å². The van der Waals surface area contributed by atoms with Crippen LogP contribution >= 0.6 is 0 Å². The van der Waals surface area contributed by atoms with E-state index in [4.69, 9.17) is 15.5 Å². The number of aromatic amines is 1. The number of aromatic nitrogens is 3. The summed E-state index contributed by atoms with van der Waals surface area (Å²) in [5, 5.41) is 0.951. The van der Waals surface area contributed by atoms with Crippen molar-refractivity contribution >= 4 is 33.7 Å². The predicted octanol–water partition coefficient (Wildman–Crippen LogP) is 3.60. The molecule has 0 fully saturated rings. The van der Waals surface area contributed by atoms with E-state index in [1.54, 1.807) is 0 Å². The van der Waals surface area contributed by atoms with Crippen LogP contribution in [0.1, 0.15) is 39.9 Å². The number of nitrogens with two attached hydrogens (primary N) is 1. The van der Waals surface area contributed by atoms with Gasteiger partial charge in [-0.1, -0.05) is 32.0 Å². The molecule has 1 atom stereocenters. The van der Waals surface area contributed by atoms with Gasteiger partial charge in [0.1, 0.15) is 28.3 Å². The van der Waals surface area contributed by atoms with Crippen molar-refractivity contribution < 1.29 is 9.53 Å². The van der Waals surface area contributed by atoms with Gasteiger partial charge in [-0.25, -0.2) is 9.97 Å². The summed E-state index contributed by atoms with van der Waals surface area (Å²) >= 11 is 0. The molecule has 1 unspecified atom stereocenters. The molecule has 3 N–H and O–H groups in total. The summed E-state index contributed by atoms with van der Waals surface area (Å²) in [5.41, 5.74) is 7.81. The number of anilines is 1. The fourth-order valence-electron chi connectivity index (χ4n) is 3.56. The molecular weight excluding hydrogens is 316 g/mol. The van der Waals surface area contributed by atoms with Gasteiger partial charge in [-0.3, -0.25) is 4.79 Å². The number of carbonyl (C=O) groups is 1. The van der Waals surface area contributed by atoms with Crippen LogP contribution in [0.4, 0.5) is 5.82 Å². The Kier molecular flexibility index (Phi) is 4.37. The average molecular weight is 340 g/mol. The van der Waals surface area contributed by atoms with Crippen LogP contribution in [0, 0.1) is 5.92 Å². The Morgan fingerprint density at radius 2 is 2.04 bits per heavy atom. The average Bonchev–Trinajstić information content (AvgIpc) is 2.89. The van der Waals surface area contributed by atoms with Crippen LogP contribution in [0.3, 0.4) is 0 Å². The maximum absolute atomic E-state index is 11.5. The van der Waals surface area contributed by atoms with Gasteiger partial charge in [0.2, 0.25) is 0 Å². The number of H-pyrrole nitrogens is 1. The highest BCUT2D eigenvalue weighted by Crippen LogP contribution is 2.29. The number of imidazole rings is 1. The minimum atomic E-state index is -0.619. The summed E-state index contributed by atoms with van der Waals surface area (Å²) in [6, 6.07) is 7.78. The van der Waals surface area contributed by atoms with Gasteiger partial charge in [0.15, 0.2) is 0 Å². The Bertz CT molecular complexity index is 932. The van der Waals surface area contributed by atoms with Crippen molar-refractivity contribution in [3.05, 3.63) is 30.1 Å². The summed E-state index contributed by atoms with van der Waals surface area (Å²) in [5.74, 6) is 1.27. The van der Waals surface area contributed by atoms with Gasteiger partial charge in [-0.05, 0) is 25.3 Å². The number of nitrogens with zero attached hydrogens (tertiary/aromatic N) is 2. The minimum Gasteiger partial charge on any atom is -0.459 e. The van der Waals surface area contributed by atoms with E-state index in [9.17, 15) is 4.79 Å². The van der Waals surface area contributed by atoms with Crippen LogP contribution in [-0.4, -0.2) is 26.5 Å². The molecule has 25 heavy (non-hydrogen) atoms. The first-order chi connectivity index (χ1) is 11.8. The third kappa shape index (κ3) is 3.57. The zero-order valence-corrected chi connectivity index (χ0v) is 15.1. The van der Waals surface area contributed by atoms with Crippen molar-refractivity contribution in [1.29, 1.82) is 0 Å². The number of hydrogen-bond donors (Lipinski definition) is 2. The lowest BCUT2D eigenvalue weighted by molar-refractivity contribution is -0.156. The lowest BCUT2D eigenvalue weighted by Crippen LogP contribution is -2.35. The van der Waals surface area contributed by atoms with Crippen LogP contribution in [0.15, 0.2) is 24.3 Å². The molecule has 132 valence electrons. The summed E-state index contributed by atoms with van der Waals surface area (Å²) < 4.78 is 5.62. The van der Waals surface area contributed by atoms with Crippen molar-refractivity contribution in [2.75, 3.05) is 5.73 Å². The van der Waals surface area contributed by atoms with Gasteiger partial charge in [-0.2, -0.15) is 0 Å². The molecule has 0 saturated carbocycles. The predicted molar refractivity (Wildman–Crippen MR) is 99.1 cm³/mol. The number of para-hydroxylation sites is 1. The number of benzene rings is 1. The van der Waals surface area contributed by atoms with Crippen molar-refractivity contribution in [1.82, 2.24) is 15.0 Å². The van der Waals surface area contributed by atoms with Gasteiger partial charge in [-0.15, -0.1) is 0 Å². The van der Waals surface area contributed by atoms with Crippen LogP contribution in [0.2, 0.25) is 0 Å². The van der Waals surface area contributed by atoms with Crippen molar-refractivity contribution in [3.8, 4) is 0 Å². The Hall–Kier alpha value is -2.63. The van der Waals surface area contributed by atoms with Crippen LogP contribution in [0.25, 0.3) is 21.9 Å². The largest absolute Gasteiger partial charge is 0.459 e. The molecule has 3 rings (SSSR count). The maximum Gasteiger partial charge on any atom is 0.303 e. The zero-order chi connectivity index (χ0) is 18.2. The normalized spacial score (nSPS) is 14.1. The standard InChI is InChI=1S/C19H24N4O2/c1-11(2)9-19(4,25-12(3)24)10-15-22-16-13-7-5-6-8-14(13)21-18(20)17(16)23-15/h5-8,11H,9-10H2,1-4H3,(H2,20,21)(H,22,23). The fraction of sp³-hybridized carbons (Fsp3) is 0.421. The molecule has 0 radical (unpaired) electrons. The van der Waals surface area contributed by atoms with E-state index < -0.39 is 5.60 Å². The van der Waals surface area contributed by atoms with E-state index in [0.717, 1.165) is 34.2 Å². The van der Waals surface area contributed by atoms with Gasteiger partial charge in [0, 0.05) is 18.7 Å². The van der Waals surface area contributed by atoms with E-state index in [0.29, 0.717) is 18.2 Å². The Labute approximate surface area is 146 Å². The molecule has 0 amide bonds. The summed E-state index contributed by atoms with van der Waals surface area (Å²) in [6.45, 7) is 7.60. The third-order valence-electron chi connectivity index (χ3n) is 4.18. The van der Waals surface area contributed by atoms with Crippen molar-refractivity contribution in [2.45, 2.75) is 46.1 Å². The van der Waals surface area contributed by atoms with Crippen LogP contribution < -0.4 is 5.73 Å². The molecule has 6 heteroatoms. The molecule has 0 bridgehead atoms. The third-order valence-corrected chi connectivity index (χ3v) is 4.18. The highest BCUT2D eigenvalue weighted by atomic mass is 16.6. The molecule has 3 aromatic rings. The Balaban J connectivity index is 2.04. The molecule has 0 aliphatic heterocycles. The van der Waals surface area contributed by atoms with E-state index in [1.165, 1.54) is 6.92 Å². The van der Waals surface area contributed by atoms with Gasteiger partial charge in [0.05, 0.1) is 5.52 Å². The molecule has 0 saturated heterocycles. The first kappa shape index (κ1) is 17.2. The first-order valence-corrected chi connectivity index (χ1v) is 8.50. The van der Waals surface area contributed by atoms with Gasteiger partial charge >= 0.3 is 5.97 Å². The monoisotopic (exact) mass is 340 g/mol. The van der Waals surface area contributed by atoms with E-state index in [2.05, 4.69) is 23.8 Å². The SMILES string of the molecule is CC(=O)OC(C)(Cc1nc2c([nH]1)c(N)nc1ccccc12)CC(C)C. The molecular formula is C19H24N4O2.